The molecule has 0 aliphatic rings. The maximum Gasteiger partial charge on any atom is 0.262 e. The molecule has 2 aromatic heterocycles. The molecule has 0 aliphatic heterocycles. The second-order valence-corrected chi connectivity index (χ2v) is 8.21. The Morgan fingerprint density at radius 3 is 2.52 bits per heavy atom. The van der Waals surface area contributed by atoms with Crippen LogP contribution in [0, 0.1) is 12.7 Å². The molecule has 0 fully saturated rings. The van der Waals surface area contributed by atoms with Crippen LogP contribution in [-0.4, -0.2) is 24.9 Å². The predicted octanol–water partition coefficient (Wildman–Crippen LogP) is 4.26. The molecule has 148 valence electrons. The predicted molar refractivity (Wildman–Crippen MR) is 109 cm³/mol. The van der Waals surface area contributed by atoms with Gasteiger partial charge in [-0.1, -0.05) is 18.2 Å². The first-order valence-corrected chi connectivity index (χ1v) is 10.3. The average molecular weight is 411 g/mol. The van der Waals surface area contributed by atoms with Gasteiger partial charge in [0.05, 0.1) is 17.7 Å². The minimum atomic E-state index is -3.93. The van der Waals surface area contributed by atoms with Crippen molar-refractivity contribution in [1.82, 2.24) is 9.38 Å². The van der Waals surface area contributed by atoms with Crippen molar-refractivity contribution >= 4 is 21.4 Å². The number of aromatic nitrogens is 2. The van der Waals surface area contributed by atoms with E-state index in [0.717, 1.165) is 28.5 Å². The van der Waals surface area contributed by atoms with Crippen molar-refractivity contribution in [1.29, 1.82) is 0 Å². The molecule has 2 aromatic carbocycles. The Kier molecular flexibility index (Phi) is 4.71. The number of benzene rings is 2. The highest BCUT2D eigenvalue weighted by Crippen LogP contribution is 2.25. The molecule has 0 saturated carbocycles. The van der Waals surface area contributed by atoms with E-state index in [0.29, 0.717) is 5.69 Å². The van der Waals surface area contributed by atoms with E-state index in [-0.39, 0.29) is 10.6 Å². The van der Waals surface area contributed by atoms with E-state index in [4.69, 9.17) is 4.74 Å². The van der Waals surface area contributed by atoms with Crippen molar-refractivity contribution in [2.24, 2.45) is 0 Å². The van der Waals surface area contributed by atoms with Crippen LogP contribution in [0.4, 0.5) is 10.1 Å². The molecule has 0 bridgehead atoms. The number of aryl methyl sites for hydroxylation is 1. The second-order valence-electron chi connectivity index (χ2n) is 6.53. The zero-order valence-electron chi connectivity index (χ0n) is 15.8. The van der Waals surface area contributed by atoms with Gasteiger partial charge in [0.15, 0.2) is 11.6 Å². The Labute approximate surface area is 167 Å². The van der Waals surface area contributed by atoms with E-state index < -0.39 is 15.8 Å². The van der Waals surface area contributed by atoms with Crippen molar-refractivity contribution < 1.29 is 17.5 Å². The number of hydrogen-bond acceptors (Lipinski definition) is 4. The topological polar surface area (TPSA) is 72.7 Å². The summed E-state index contributed by atoms with van der Waals surface area (Å²) >= 11 is 0. The standard InChI is InChI=1S/C21H18FN3O3S/c1-14-4-3-11-25-13-19(23-21(14)25)15-5-7-16(8-6-15)24-29(26,27)17-9-10-20(28-2)18(22)12-17/h3-13,24H,1-2H3. The van der Waals surface area contributed by atoms with Crippen LogP contribution in [0.25, 0.3) is 16.9 Å². The monoisotopic (exact) mass is 411 g/mol. The maximum atomic E-state index is 13.9. The first-order chi connectivity index (χ1) is 13.9. The van der Waals surface area contributed by atoms with Gasteiger partial charge in [0, 0.05) is 23.6 Å². The number of sulfonamides is 1. The molecule has 2 heterocycles. The van der Waals surface area contributed by atoms with Crippen molar-refractivity contribution in [2.75, 3.05) is 11.8 Å². The van der Waals surface area contributed by atoms with Crippen LogP contribution >= 0.6 is 0 Å². The van der Waals surface area contributed by atoms with Crippen molar-refractivity contribution in [2.45, 2.75) is 11.8 Å². The minimum Gasteiger partial charge on any atom is -0.494 e. The SMILES string of the molecule is COc1ccc(S(=O)(=O)Nc2ccc(-c3cn4cccc(C)c4n3)cc2)cc1F. The molecule has 0 amide bonds. The number of rotatable bonds is 5. The fraction of sp³-hybridized carbons (Fsp3) is 0.0952. The lowest BCUT2D eigenvalue weighted by molar-refractivity contribution is 0.385. The molecule has 1 N–H and O–H groups in total. The smallest absolute Gasteiger partial charge is 0.262 e. The van der Waals surface area contributed by atoms with Gasteiger partial charge < -0.3 is 9.14 Å². The van der Waals surface area contributed by atoms with E-state index in [9.17, 15) is 12.8 Å². The van der Waals surface area contributed by atoms with Crippen LogP contribution < -0.4 is 9.46 Å². The number of halogens is 1. The van der Waals surface area contributed by atoms with Crippen LogP contribution in [0.3, 0.4) is 0 Å². The molecule has 0 aliphatic carbocycles. The number of anilines is 1. The lowest BCUT2D eigenvalue weighted by Crippen LogP contribution is -2.13. The number of imidazole rings is 1. The summed E-state index contributed by atoms with van der Waals surface area (Å²) < 4.78 is 48.1. The quantitative estimate of drug-likeness (QED) is 0.533. The molecular weight excluding hydrogens is 393 g/mol. The Hall–Kier alpha value is -3.39. The molecule has 8 heteroatoms. The third-order valence-electron chi connectivity index (χ3n) is 4.54. The van der Waals surface area contributed by atoms with Gasteiger partial charge in [-0.05, 0) is 48.9 Å². The summed E-state index contributed by atoms with van der Waals surface area (Å²) in [7, 11) is -2.61. The number of pyridine rings is 1. The largest absolute Gasteiger partial charge is 0.494 e. The molecule has 0 saturated heterocycles. The van der Waals surface area contributed by atoms with Gasteiger partial charge in [-0.15, -0.1) is 0 Å². The Morgan fingerprint density at radius 1 is 1.10 bits per heavy atom. The van der Waals surface area contributed by atoms with Crippen LogP contribution in [-0.2, 0) is 10.0 Å². The van der Waals surface area contributed by atoms with Gasteiger partial charge in [-0.3, -0.25) is 4.72 Å². The molecule has 29 heavy (non-hydrogen) atoms. The molecule has 0 radical (unpaired) electrons. The number of ether oxygens (including phenoxy) is 1. The van der Waals surface area contributed by atoms with Crippen molar-refractivity contribution in [3.8, 4) is 17.0 Å². The zero-order valence-corrected chi connectivity index (χ0v) is 16.6. The number of nitrogens with zero attached hydrogens (tertiary/aromatic N) is 2. The van der Waals surface area contributed by atoms with Gasteiger partial charge in [0.1, 0.15) is 5.65 Å². The molecule has 0 atom stereocenters. The molecule has 6 nitrogen and oxygen atoms in total. The van der Waals surface area contributed by atoms with E-state index in [2.05, 4.69) is 9.71 Å². The van der Waals surface area contributed by atoms with Gasteiger partial charge in [0.2, 0.25) is 0 Å². The summed E-state index contributed by atoms with van der Waals surface area (Å²) in [6.45, 7) is 1.99. The van der Waals surface area contributed by atoms with Crippen molar-refractivity contribution in [3.05, 3.63) is 78.4 Å². The normalized spacial score (nSPS) is 11.6. The Bertz CT molecular complexity index is 1300. The molecular formula is C21H18FN3O3S. The third kappa shape index (κ3) is 3.66. The maximum absolute atomic E-state index is 13.9. The van der Waals surface area contributed by atoms with Gasteiger partial charge in [-0.25, -0.2) is 17.8 Å². The van der Waals surface area contributed by atoms with Gasteiger partial charge in [0.25, 0.3) is 10.0 Å². The van der Waals surface area contributed by atoms with Crippen LogP contribution in [0.15, 0.2) is 71.9 Å². The molecule has 0 unspecified atom stereocenters. The number of hydrogen-bond donors (Lipinski definition) is 1. The fourth-order valence-corrected chi connectivity index (χ4v) is 4.10. The summed E-state index contributed by atoms with van der Waals surface area (Å²) in [5.41, 5.74) is 3.94. The first-order valence-electron chi connectivity index (χ1n) is 8.78. The number of nitrogens with one attached hydrogen (secondary N) is 1. The van der Waals surface area contributed by atoms with E-state index in [1.807, 2.05) is 35.9 Å². The van der Waals surface area contributed by atoms with Gasteiger partial charge >= 0.3 is 0 Å². The molecule has 0 spiro atoms. The zero-order chi connectivity index (χ0) is 20.6. The third-order valence-corrected chi connectivity index (χ3v) is 5.92. The lowest BCUT2D eigenvalue weighted by Gasteiger charge is -2.10. The van der Waals surface area contributed by atoms with Crippen LogP contribution in [0.1, 0.15) is 5.56 Å². The summed E-state index contributed by atoms with van der Waals surface area (Å²) in [6, 6.07) is 14.3. The number of methoxy groups -OCH3 is 1. The average Bonchev–Trinajstić information content (AvgIpc) is 3.14. The van der Waals surface area contributed by atoms with E-state index >= 15 is 0 Å². The highest BCUT2D eigenvalue weighted by atomic mass is 32.2. The lowest BCUT2D eigenvalue weighted by atomic mass is 10.1. The first kappa shape index (κ1) is 18.9. The molecule has 4 rings (SSSR count). The molecule has 4 aromatic rings. The minimum absolute atomic E-state index is 0.0176. The summed E-state index contributed by atoms with van der Waals surface area (Å²) in [6.07, 6.45) is 3.84. The van der Waals surface area contributed by atoms with Gasteiger partial charge in [-0.2, -0.15) is 0 Å². The van der Waals surface area contributed by atoms with Crippen LogP contribution in [0.5, 0.6) is 5.75 Å². The Balaban J connectivity index is 1.59. The fourth-order valence-electron chi connectivity index (χ4n) is 3.03. The highest BCUT2D eigenvalue weighted by Gasteiger charge is 2.17. The summed E-state index contributed by atoms with van der Waals surface area (Å²) in [4.78, 5) is 4.45. The summed E-state index contributed by atoms with van der Waals surface area (Å²) in [5, 5.41) is 0. The Morgan fingerprint density at radius 2 is 1.86 bits per heavy atom. The number of fused-ring (bicyclic) bond motifs is 1. The second kappa shape index (κ2) is 7.21. The van der Waals surface area contributed by atoms with Crippen LogP contribution in [0.2, 0.25) is 0 Å². The highest BCUT2D eigenvalue weighted by molar-refractivity contribution is 7.92. The van der Waals surface area contributed by atoms with Crippen molar-refractivity contribution in [3.63, 3.8) is 0 Å². The summed E-state index contributed by atoms with van der Waals surface area (Å²) in [5.74, 6) is -0.760. The van der Waals surface area contributed by atoms with E-state index in [1.54, 1.807) is 24.3 Å². The van der Waals surface area contributed by atoms with E-state index in [1.165, 1.54) is 19.2 Å².